The lowest BCUT2D eigenvalue weighted by atomic mass is 9.96. The van der Waals surface area contributed by atoms with E-state index in [0.717, 1.165) is 0 Å². The molecule has 5 heteroatoms. The van der Waals surface area contributed by atoms with Crippen LogP contribution in [0.4, 0.5) is 0 Å². The molecule has 1 fully saturated rings. The van der Waals surface area contributed by atoms with Crippen molar-refractivity contribution in [3.8, 4) is 0 Å². The van der Waals surface area contributed by atoms with Gasteiger partial charge in [0.05, 0.1) is 18.2 Å². The first kappa shape index (κ1) is 12.9. The standard InChI is InChI=1S/C10H21NO4/c1-5-14-10-9(13)7(11(3)4)8(12)6(2)15-10/h6-10,12-13H,5H2,1-4H3/t6-,7-,8?,9+,10+/m1/s1. The summed E-state index contributed by atoms with van der Waals surface area (Å²) in [5, 5.41) is 19.8. The van der Waals surface area contributed by atoms with Crippen LogP contribution >= 0.6 is 0 Å². The zero-order valence-corrected chi connectivity index (χ0v) is 9.75. The average molecular weight is 219 g/mol. The molecule has 5 atom stereocenters. The third-order valence-corrected chi connectivity index (χ3v) is 2.74. The summed E-state index contributed by atoms with van der Waals surface area (Å²) in [6.07, 6.45) is -2.52. The molecule has 0 aromatic carbocycles. The van der Waals surface area contributed by atoms with Crippen LogP contribution in [0.5, 0.6) is 0 Å². The van der Waals surface area contributed by atoms with Crippen LogP contribution < -0.4 is 0 Å². The molecule has 1 unspecified atom stereocenters. The second-order valence-electron chi connectivity index (χ2n) is 4.10. The fourth-order valence-corrected chi connectivity index (χ4v) is 1.93. The number of nitrogens with zero attached hydrogens (tertiary/aromatic N) is 1. The first-order valence-corrected chi connectivity index (χ1v) is 5.28. The van der Waals surface area contributed by atoms with Gasteiger partial charge in [-0.25, -0.2) is 0 Å². The second kappa shape index (κ2) is 5.23. The van der Waals surface area contributed by atoms with Gasteiger partial charge in [-0.1, -0.05) is 0 Å². The van der Waals surface area contributed by atoms with Gasteiger partial charge >= 0.3 is 0 Å². The number of hydrogen-bond donors (Lipinski definition) is 2. The van der Waals surface area contributed by atoms with Crippen molar-refractivity contribution in [2.75, 3.05) is 20.7 Å². The highest BCUT2D eigenvalue weighted by Crippen LogP contribution is 2.24. The van der Waals surface area contributed by atoms with Gasteiger partial charge in [0.2, 0.25) is 0 Å². The number of ether oxygens (including phenoxy) is 2. The SMILES string of the molecule is CCO[C@H]1O[C@H](C)C(O)[C@@H](N(C)C)[C@@H]1O. The zero-order valence-electron chi connectivity index (χ0n) is 9.75. The molecular weight excluding hydrogens is 198 g/mol. The normalized spacial score (nSPS) is 42.2. The number of aliphatic hydroxyl groups excluding tert-OH is 2. The van der Waals surface area contributed by atoms with Crippen LogP contribution in [-0.4, -0.2) is 66.5 Å². The first-order chi connectivity index (χ1) is 6.99. The van der Waals surface area contributed by atoms with E-state index in [9.17, 15) is 10.2 Å². The Hall–Kier alpha value is -0.200. The number of aliphatic hydroxyl groups is 2. The fraction of sp³-hybridized carbons (Fsp3) is 1.00. The number of hydrogen-bond acceptors (Lipinski definition) is 5. The van der Waals surface area contributed by atoms with Crippen molar-refractivity contribution in [3.05, 3.63) is 0 Å². The van der Waals surface area contributed by atoms with Crippen molar-refractivity contribution in [1.29, 1.82) is 0 Å². The van der Waals surface area contributed by atoms with E-state index in [-0.39, 0.29) is 12.1 Å². The van der Waals surface area contributed by atoms with Gasteiger partial charge in [0.1, 0.15) is 6.10 Å². The van der Waals surface area contributed by atoms with Gasteiger partial charge in [0, 0.05) is 6.61 Å². The summed E-state index contributed by atoms with van der Waals surface area (Å²) in [6, 6.07) is -0.356. The minimum Gasteiger partial charge on any atom is -0.389 e. The van der Waals surface area contributed by atoms with Crippen molar-refractivity contribution < 1.29 is 19.7 Å². The van der Waals surface area contributed by atoms with E-state index in [2.05, 4.69) is 0 Å². The van der Waals surface area contributed by atoms with E-state index in [1.165, 1.54) is 0 Å². The topological polar surface area (TPSA) is 62.2 Å². The molecule has 0 radical (unpaired) electrons. The van der Waals surface area contributed by atoms with E-state index < -0.39 is 18.5 Å². The summed E-state index contributed by atoms with van der Waals surface area (Å²) < 4.78 is 10.7. The summed E-state index contributed by atoms with van der Waals surface area (Å²) in [5.41, 5.74) is 0. The molecule has 90 valence electrons. The highest BCUT2D eigenvalue weighted by Gasteiger charge is 2.44. The lowest BCUT2D eigenvalue weighted by Crippen LogP contribution is -2.62. The van der Waals surface area contributed by atoms with E-state index >= 15 is 0 Å². The lowest BCUT2D eigenvalue weighted by molar-refractivity contribution is -0.279. The minimum absolute atomic E-state index is 0.336. The predicted molar refractivity (Wildman–Crippen MR) is 55.4 cm³/mol. The number of rotatable bonds is 3. The summed E-state index contributed by atoms with van der Waals surface area (Å²) in [7, 11) is 3.64. The Bertz CT molecular complexity index is 200. The Morgan fingerprint density at radius 2 is 1.87 bits per heavy atom. The van der Waals surface area contributed by atoms with Crippen molar-refractivity contribution in [2.24, 2.45) is 0 Å². The van der Waals surface area contributed by atoms with Gasteiger partial charge in [0.25, 0.3) is 0 Å². The maximum Gasteiger partial charge on any atom is 0.185 e. The highest BCUT2D eigenvalue weighted by atomic mass is 16.7. The molecule has 1 aliphatic heterocycles. The minimum atomic E-state index is -0.828. The molecule has 0 amide bonds. The Kier molecular flexibility index (Phi) is 4.48. The largest absolute Gasteiger partial charge is 0.389 e. The molecule has 1 rings (SSSR count). The highest BCUT2D eigenvalue weighted by molar-refractivity contribution is 4.92. The maximum atomic E-state index is 9.97. The van der Waals surface area contributed by atoms with Crippen molar-refractivity contribution in [1.82, 2.24) is 4.90 Å². The fourth-order valence-electron chi connectivity index (χ4n) is 1.93. The van der Waals surface area contributed by atoms with Gasteiger partial charge in [-0.05, 0) is 27.9 Å². The van der Waals surface area contributed by atoms with E-state index in [4.69, 9.17) is 9.47 Å². The van der Waals surface area contributed by atoms with Crippen LogP contribution in [0.2, 0.25) is 0 Å². The molecule has 1 saturated heterocycles. The number of likely N-dealkylation sites (N-methyl/N-ethyl adjacent to an activating group) is 1. The monoisotopic (exact) mass is 219 g/mol. The molecule has 1 heterocycles. The molecule has 15 heavy (non-hydrogen) atoms. The molecular formula is C10H21NO4. The van der Waals surface area contributed by atoms with Crippen molar-refractivity contribution in [2.45, 2.75) is 44.5 Å². The van der Waals surface area contributed by atoms with Gasteiger partial charge in [-0.2, -0.15) is 0 Å². The molecule has 5 nitrogen and oxygen atoms in total. The molecule has 1 aliphatic rings. The van der Waals surface area contributed by atoms with E-state index in [0.29, 0.717) is 6.61 Å². The van der Waals surface area contributed by atoms with Gasteiger partial charge in [-0.3, -0.25) is 0 Å². The third-order valence-electron chi connectivity index (χ3n) is 2.74. The molecule has 0 aromatic rings. The third kappa shape index (κ3) is 2.68. The Morgan fingerprint density at radius 3 is 2.33 bits per heavy atom. The second-order valence-corrected chi connectivity index (χ2v) is 4.10. The van der Waals surface area contributed by atoms with Crippen LogP contribution in [0, 0.1) is 0 Å². The lowest BCUT2D eigenvalue weighted by Gasteiger charge is -2.44. The smallest absolute Gasteiger partial charge is 0.185 e. The van der Waals surface area contributed by atoms with E-state index in [1.54, 1.807) is 11.8 Å². The van der Waals surface area contributed by atoms with Crippen LogP contribution in [0.1, 0.15) is 13.8 Å². The summed E-state index contributed by atoms with van der Waals surface area (Å²) in [6.45, 7) is 4.10. The molecule has 0 aliphatic carbocycles. The van der Waals surface area contributed by atoms with Gasteiger partial charge < -0.3 is 24.6 Å². The molecule has 0 saturated carbocycles. The molecule has 0 spiro atoms. The maximum absolute atomic E-state index is 9.97. The summed E-state index contributed by atoms with van der Waals surface area (Å²) in [4.78, 5) is 1.79. The van der Waals surface area contributed by atoms with Crippen molar-refractivity contribution in [3.63, 3.8) is 0 Å². The van der Waals surface area contributed by atoms with Gasteiger partial charge in [-0.15, -0.1) is 0 Å². The quantitative estimate of drug-likeness (QED) is 0.665. The summed E-state index contributed by atoms with van der Waals surface area (Å²) in [5.74, 6) is 0. The summed E-state index contributed by atoms with van der Waals surface area (Å²) >= 11 is 0. The zero-order chi connectivity index (χ0) is 11.6. The predicted octanol–water partition coefficient (Wildman–Crippen LogP) is -0.580. The Morgan fingerprint density at radius 1 is 1.27 bits per heavy atom. The Labute approximate surface area is 90.6 Å². The molecule has 0 bridgehead atoms. The van der Waals surface area contributed by atoms with E-state index in [1.807, 2.05) is 21.0 Å². The average Bonchev–Trinajstić information content (AvgIpc) is 2.14. The Balaban J connectivity index is 2.74. The molecule has 2 N–H and O–H groups in total. The van der Waals surface area contributed by atoms with Crippen LogP contribution in [0.25, 0.3) is 0 Å². The van der Waals surface area contributed by atoms with Crippen LogP contribution in [0.3, 0.4) is 0 Å². The van der Waals surface area contributed by atoms with Crippen LogP contribution in [-0.2, 0) is 9.47 Å². The van der Waals surface area contributed by atoms with Crippen molar-refractivity contribution >= 4 is 0 Å². The molecule has 0 aromatic heterocycles. The van der Waals surface area contributed by atoms with Crippen LogP contribution in [0.15, 0.2) is 0 Å². The first-order valence-electron chi connectivity index (χ1n) is 5.28. The van der Waals surface area contributed by atoms with Gasteiger partial charge in [0.15, 0.2) is 6.29 Å².